The predicted octanol–water partition coefficient (Wildman–Crippen LogP) is 4.13. The van der Waals surface area contributed by atoms with Crippen LogP contribution in [0.4, 0.5) is 5.69 Å². The van der Waals surface area contributed by atoms with Crippen molar-refractivity contribution in [2.45, 2.75) is 13.8 Å². The summed E-state index contributed by atoms with van der Waals surface area (Å²) in [6.45, 7) is 3.89. The van der Waals surface area contributed by atoms with Crippen LogP contribution in [0.15, 0.2) is 66.6 Å². The molecule has 7 heteroatoms. The number of anilines is 1. The fourth-order valence-corrected chi connectivity index (χ4v) is 3.10. The number of nitrogens with one attached hydrogen (secondary N) is 2. The van der Waals surface area contributed by atoms with E-state index in [0.717, 1.165) is 11.1 Å². The van der Waals surface area contributed by atoms with Crippen molar-refractivity contribution in [1.29, 1.82) is 0 Å². The maximum absolute atomic E-state index is 13.1. The minimum absolute atomic E-state index is 0.0813. The highest BCUT2D eigenvalue weighted by atomic mass is 16.5. The second-order valence-electron chi connectivity index (χ2n) is 7.14. The lowest BCUT2D eigenvalue weighted by Gasteiger charge is -2.14. The van der Waals surface area contributed by atoms with Crippen LogP contribution < -0.4 is 20.1 Å². The van der Waals surface area contributed by atoms with Gasteiger partial charge in [0.25, 0.3) is 11.8 Å². The molecule has 1 heterocycles. The molecule has 3 aromatic rings. The number of nitrogens with zero attached hydrogens (tertiary/aromatic N) is 1. The molecule has 7 nitrogen and oxygen atoms in total. The summed E-state index contributed by atoms with van der Waals surface area (Å²) in [7, 11) is 3.01. The third kappa shape index (κ3) is 5.51. The van der Waals surface area contributed by atoms with Gasteiger partial charge in [0.15, 0.2) is 11.5 Å². The molecule has 164 valence electrons. The van der Waals surface area contributed by atoms with E-state index >= 15 is 0 Å². The average molecular weight is 431 g/mol. The number of aromatic nitrogens is 1. The molecule has 2 amide bonds. The second kappa shape index (κ2) is 10.3. The number of carbonyl (C=O) groups is 2. The standard InChI is InChI=1S/C25H25N3O4/c1-16-7-9-20(17(2)12-16)27-25(30)21(13-18-6-5-11-26-15-18)28-24(29)19-8-10-22(31-3)23(14-19)32-4/h5-15H,1-4H3,(H,27,30)(H,28,29). The van der Waals surface area contributed by atoms with E-state index in [1.807, 2.05) is 32.0 Å². The summed E-state index contributed by atoms with van der Waals surface area (Å²) in [6.07, 6.45) is 4.81. The van der Waals surface area contributed by atoms with Crippen molar-refractivity contribution >= 4 is 23.6 Å². The van der Waals surface area contributed by atoms with Crippen molar-refractivity contribution in [1.82, 2.24) is 10.3 Å². The number of benzene rings is 2. The van der Waals surface area contributed by atoms with E-state index in [1.54, 1.807) is 48.8 Å². The maximum atomic E-state index is 13.1. The first-order chi connectivity index (χ1) is 15.4. The van der Waals surface area contributed by atoms with Crippen molar-refractivity contribution in [3.05, 3.63) is 88.9 Å². The van der Waals surface area contributed by atoms with Crippen molar-refractivity contribution in [2.24, 2.45) is 0 Å². The lowest BCUT2D eigenvalue weighted by Crippen LogP contribution is -2.31. The first-order valence-electron chi connectivity index (χ1n) is 9.95. The number of aryl methyl sites for hydroxylation is 2. The Morgan fingerprint density at radius 3 is 2.41 bits per heavy atom. The Kier molecular flexibility index (Phi) is 7.23. The molecular formula is C25H25N3O4. The molecule has 0 atom stereocenters. The molecule has 3 rings (SSSR count). The third-order valence-corrected chi connectivity index (χ3v) is 4.76. The Bertz CT molecular complexity index is 1160. The van der Waals surface area contributed by atoms with E-state index in [9.17, 15) is 9.59 Å². The highest BCUT2D eigenvalue weighted by Gasteiger charge is 2.17. The number of rotatable bonds is 7. The molecule has 2 N–H and O–H groups in total. The van der Waals surface area contributed by atoms with E-state index in [1.165, 1.54) is 14.2 Å². The van der Waals surface area contributed by atoms with Gasteiger partial charge in [-0.15, -0.1) is 0 Å². The van der Waals surface area contributed by atoms with Gasteiger partial charge in [0.2, 0.25) is 0 Å². The lowest BCUT2D eigenvalue weighted by molar-refractivity contribution is -0.113. The van der Waals surface area contributed by atoms with Gasteiger partial charge in [0.1, 0.15) is 5.70 Å². The SMILES string of the molecule is COc1ccc(C(=O)NC(=Cc2cccnc2)C(=O)Nc2ccc(C)cc2C)cc1OC. The number of carbonyl (C=O) groups excluding carboxylic acids is 2. The molecule has 0 unspecified atom stereocenters. The van der Waals surface area contributed by atoms with Crippen LogP contribution in [0, 0.1) is 13.8 Å². The largest absolute Gasteiger partial charge is 0.493 e. The monoisotopic (exact) mass is 431 g/mol. The minimum atomic E-state index is -0.461. The molecule has 2 aromatic carbocycles. The molecule has 1 aromatic heterocycles. The zero-order valence-electron chi connectivity index (χ0n) is 18.4. The lowest BCUT2D eigenvalue weighted by atomic mass is 10.1. The highest BCUT2D eigenvalue weighted by molar-refractivity contribution is 6.11. The molecule has 32 heavy (non-hydrogen) atoms. The molecule has 0 aliphatic heterocycles. The second-order valence-corrected chi connectivity index (χ2v) is 7.14. The normalized spacial score (nSPS) is 10.9. The zero-order chi connectivity index (χ0) is 23.1. The molecule has 0 aliphatic carbocycles. The van der Waals surface area contributed by atoms with Gasteiger partial charge in [-0.2, -0.15) is 0 Å². The maximum Gasteiger partial charge on any atom is 0.272 e. The molecule has 0 fully saturated rings. The first kappa shape index (κ1) is 22.6. The van der Waals surface area contributed by atoms with Crippen molar-refractivity contribution in [3.8, 4) is 11.5 Å². The fraction of sp³-hybridized carbons (Fsp3) is 0.160. The molecule has 0 spiro atoms. The summed E-state index contributed by atoms with van der Waals surface area (Å²) >= 11 is 0. The first-order valence-corrected chi connectivity index (χ1v) is 9.95. The van der Waals surface area contributed by atoms with E-state index in [4.69, 9.17) is 9.47 Å². The Balaban J connectivity index is 1.90. The summed E-state index contributed by atoms with van der Waals surface area (Å²) in [4.78, 5) is 30.1. The van der Waals surface area contributed by atoms with E-state index in [2.05, 4.69) is 15.6 Å². The van der Waals surface area contributed by atoms with E-state index in [0.29, 0.717) is 28.3 Å². The highest BCUT2D eigenvalue weighted by Crippen LogP contribution is 2.27. The number of amides is 2. The summed E-state index contributed by atoms with van der Waals surface area (Å²) in [6, 6.07) is 14.0. The van der Waals surface area contributed by atoms with Crippen LogP contribution in [-0.2, 0) is 4.79 Å². The molecular weight excluding hydrogens is 406 g/mol. The van der Waals surface area contributed by atoms with E-state index < -0.39 is 11.8 Å². The van der Waals surface area contributed by atoms with Crippen molar-refractivity contribution < 1.29 is 19.1 Å². The van der Waals surface area contributed by atoms with Gasteiger partial charge >= 0.3 is 0 Å². The topological polar surface area (TPSA) is 89.5 Å². The average Bonchev–Trinajstić information content (AvgIpc) is 2.80. The molecule has 0 saturated heterocycles. The van der Waals surface area contributed by atoms with Gasteiger partial charge < -0.3 is 20.1 Å². The van der Waals surface area contributed by atoms with Gasteiger partial charge in [-0.1, -0.05) is 23.8 Å². The number of hydrogen-bond acceptors (Lipinski definition) is 5. The summed E-state index contributed by atoms with van der Waals surface area (Å²) in [5, 5.41) is 5.58. The third-order valence-electron chi connectivity index (χ3n) is 4.76. The van der Waals surface area contributed by atoms with Crippen LogP contribution in [0.1, 0.15) is 27.0 Å². The Labute approximate surface area is 187 Å². The van der Waals surface area contributed by atoms with Gasteiger partial charge in [-0.3, -0.25) is 14.6 Å². The zero-order valence-corrected chi connectivity index (χ0v) is 18.4. The summed E-state index contributed by atoms with van der Waals surface area (Å²) < 4.78 is 10.5. The van der Waals surface area contributed by atoms with Crippen LogP contribution in [0.2, 0.25) is 0 Å². The van der Waals surface area contributed by atoms with Crippen LogP contribution in [0.5, 0.6) is 11.5 Å². The number of pyridine rings is 1. The molecule has 0 saturated carbocycles. The Morgan fingerprint density at radius 1 is 0.969 bits per heavy atom. The van der Waals surface area contributed by atoms with Crippen LogP contribution >= 0.6 is 0 Å². The quantitative estimate of drug-likeness (QED) is 0.549. The van der Waals surface area contributed by atoms with Crippen LogP contribution in [0.25, 0.3) is 6.08 Å². The van der Waals surface area contributed by atoms with Crippen molar-refractivity contribution in [3.63, 3.8) is 0 Å². The summed E-state index contributed by atoms with van der Waals surface area (Å²) in [5.74, 6) is 0.00643. The fourth-order valence-electron chi connectivity index (χ4n) is 3.10. The van der Waals surface area contributed by atoms with Gasteiger partial charge in [0, 0.05) is 23.6 Å². The van der Waals surface area contributed by atoms with Crippen LogP contribution in [-0.4, -0.2) is 31.0 Å². The number of hydrogen-bond donors (Lipinski definition) is 2. The Hall–Kier alpha value is -4.13. The van der Waals surface area contributed by atoms with Gasteiger partial charge in [0.05, 0.1) is 14.2 Å². The molecule has 0 aliphatic rings. The molecule has 0 radical (unpaired) electrons. The number of ether oxygens (including phenoxy) is 2. The molecule has 0 bridgehead atoms. The van der Waals surface area contributed by atoms with Gasteiger partial charge in [-0.25, -0.2) is 0 Å². The number of methoxy groups -OCH3 is 2. The van der Waals surface area contributed by atoms with Gasteiger partial charge in [-0.05, 0) is 61.4 Å². The minimum Gasteiger partial charge on any atom is -0.493 e. The van der Waals surface area contributed by atoms with Crippen molar-refractivity contribution in [2.75, 3.05) is 19.5 Å². The van der Waals surface area contributed by atoms with Crippen LogP contribution in [0.3, 0.4) is 0 Å². The summed E-state index contributed by atoms with van der Waals surface area (Å²) in [5.41, 5.74) is 3.75. The smallest absolute Gasteiger partial charge is 0.272 e. The van der Waals surface area contributed by atoms with E-state index in [-0.39, 0.29) is 5.70 Å². The Morgan fingerprint density at radius 2 is 1.75 bits per heavy atom. The predicted molar refractivity (Wildman–Crippen MR) is 124 cm³/mol.